The van der Waals surface area contributed by atoms with E-state index in [0.717, 1.165) is 24.0 Å². The Morgan fingerprint density at radius 2 is 1.85 bits per heavy atom. The molecule has 27 heavy (non-hydrogen) atoms. The molecule has 2 aromatic carbocycles. The number of rotatable bonds is 3. The number of fused-ring (bicyclic) bond motifs is 1. The molecule has 0 radical (unpaired) electrons. The van der Waals surface area contributed by atoms with Gasteiger partial charge in [-0.15, -0.1) is 0 Å². The normalized spacial score (nSPS) is 15.2. The van der Waals surface area contributed by atoms with Crippen molar-refractivity contribution >= 4 is 23.0 Å². The molecule has 1 aliphatic rings. The Labute approximate surface area is 156 Å². The van der Waals surface area contributed by atoms with E-state index in [9.17, 15) is 14.7 Å². The van der Waals surface area contributed by atoms with Crippen LogP contribution >= 0.6 is 0 Å². The average molecular weight is 364 g/mol. The third-order valence-corrected chi connectivity index (χ3v) is 5.05. The van der Waals surface area contributed by atoms with E-state index in [0.29, 0.717) is 36.3 Å². The molecule has 1 saturated heterocycles. The first kappa shape index (κ1) is 17.3. The van der Waals surface area contributed by atoms with Crippen LogP contribution in [-0.4, -0.2) is 60.3 Å². The molecule has 2 heterocycles. The summed E-state index contributed by atoms with van der Waals surface area (Å²) in [5, 5.41) is 11.3. The average Bonchev–Trinajstić information content (AvgIpc) is 3.18. The molecule has 6 heteroatoms. The number of hydrogen-bond donors (Lipinski definition) is 1. The highest BCUT2D eigenvalue weighted by Gasteiger charge is 2.23. The Morgan fingerprint density at radius 1 is 1.07 bits per heavy atom. The molecule has 0 atom stereocenters. The maximum Gasteiger partial charge on any atom is 0.289 e. The van der Waals surface area contributed by atoms with Crippen molar-refractivity contribution in [3.05, 3.63) is 53.8 Å². The van der Waals surface area contributed by atoms with Gasteiger partial charge in [0.05, 0.1) is 5.56 Å². The number of carbonyl (C=O) groups is 2. The van der Waals surface area contributed by atoms with Crippen molar-refractivity contribution in [2.45, 2.75) is 0 Å². The van der Waals surface area contributed by atoms with Crippen molar-refractivity contribution in [3.8, 4) is 17.1 Å². The van der Waals surface area contributed by atoms with Crippen LogP contribution in [0.2, 0.25) is 0 Å². The molecule has 6 nitrogen and oxygen atoms in total. The van der Waals surface area contributed by atoms with Crippen LogP contribution in [-0.2, 0) is 0 Å². The second-order valence-corrected chi connectivity index (χ2v) is 6.81. The van der Waals surface area contributed by atoms with E-state index in [2.05, 4.69) is 4.90 Å². The zero-order valence-corrected chi connectivity index (χ0v) is 15.0. The molecule has 0 saturated carbocycles. The monoisotopic (exact) mass is 364 g/mol. The van der Waals surface area contributed by atoms with Gasteiger partial charge in [-0.3, -0.25) is 9.59 Å². The van der Waals surface area contributed by atoms with Gasteiger partial charge in [0.15, 0.2) is 12.0 Å². The van der Waals surface area contributed by atoms with Crippen LogP contribution in [0.5, 0.6) is 5.75 Å². The summed E-state index contributed by atoms with van der Waals surface area (Å²) in [5.74, 6) is 0.788. The lowest BCUT2D eigenvalue weighted by molar-refractivity contribution is 0.0633. The summed E-state index contributed by atoms with van der Waals surface area (Å²) in [6, 6.07) is 12.2. The lowest BCUT2D eigenvalue weighted by atomic mass is 10.0. The van der Waals surface area contributed by atoms with Gasteiger partial charge < -0.3 is 19.3 Å². The van der Waals surface area contributed by atoms with Gasteiger partial charge in [0.2, 0.25) is 0 Å². The van der Waals surface area contributed by atoms with Crippen molar-refractivity contribution in [3.63, 3.8) is 0 Å². The van der Waals surface area contributed by atoms with Crippen molar-refractivity contribution in [1.82, 2.24) is 9.80 Å². The summed E-state index contributed by atoms with van der Waals surface area (Å²) in [5.41, 5.74) is 1.08. The number of phenols is 1. The van der Waals surface area contributed by atoms with Gasteiger partial charge in [-0.25, -0.2) is 0 Å². The van der Waals surface area contributed by atoms with Crippen LogP contribution in [0, 0.1) is 0 Å². The van der Waals surface area contributed by atoms with Gasteiger partial charge in [-0.2, -0.15) is 0 Å². The van der Waals surface area contributed by atoms with Crippen LogP contribution in [0.25, 0.3) is 22.1 Å². The van der Waals surface area contributed by atoms with Gasteiger partial charge in [0.25, 0.3) is 5.91 Å². The fourth-order valence-corrected chi connectivity index (χ4v) is 3.39. The van der Waals surface area contributed by atoms with E-state index in [1.54, 1.807) is 24.3 Å². The molecule has 1 aromatic heterocycles. The molecule has 0 bridgehead atoms. The number of carbonyl (C=O) groups excluding carboxylic acids is 2. The Morgan fingerprint density at radius 3 is 2.59 bits per heavy atom. The zero-order valence-electron chi connectivity index (χ0n) is 15.0. The van der Waals surface area contributed by atoms with Gasteiger partial charge in [-0.1, -0.05) is 18.2 Å². The minimum absolute atomic E-state index is 0.0386. The maximum absolute atomic E-state index is 12.6. The highest BCUT2D eigenvalue weighted by atomic mass is 16.4. The van der Waals surface area contributed by atoms with Crippen LogP contribution in [0.4, 0.5) is 0 Å². The summed E-state index contributed by atoms with van der Waals surface area (Å²) in [7, 11) is 2.04. The van der Waals surface area contributed by atoms with Gasteiger partial charge in [-0.05, 0) is 42.1 Å². The summed E-state index contributed by atoms with van der Waals surface area (Å²) >= 11 is 0. The Kier molecular flexibility index (Phi) is 4.41. The minimum Gasteiger partial charge on any atom is -0.507 e. The quantitative estimate of drug-likeness (QED) is 0.723. The number of benzene rings is 2. The summed E-state index contributed by atoms with van der Waals surface area (Å²) in [6.45, 7) is 3.10. The summed E-state index contributed by atoms with van der Waals surface area (Å²) in [6.07, 6.45) is 0.650. The van der Waals surface area contributed by atoms with E-state index in [-0.39, 0.29) is 17.2 Å². The highest BCUT2D eigenvalue weighted by Crippen LogP contribution is 2.31. The molecule has 3 aromatic rings. The van der Waals surface area contributed by atoms with Gasteiger partial charge >= 0.3 is 0 Å². The topological polar surface area (TPSA) is 74.0 Å². The summed E-state index contributed by atoms with van der Waals surface area (Å²) < 4.78 is 5.82. The van der Waals surface area contributed by atoms with Gasteiger partial charge in [0.1, 0.15) is 11.5 Å². The van der Waals surface area contributed by atoms with E-state index >= 15 is 0 Å². The second kappa shape index (κ2) is 6.89. The van der Waals surface area contributed by atoms with Crippen molar-refractivity contribution < 1.29 is 19.1 Å². The number of amides is 1. The fourth-order valence-electron chi connectivity index (χ4n) is 3.39. The smallest absolute Gasteiger partial charge is 0.289 e. The maximum atomic E-state index is 12.6. The third kappa shape index (κ3) is 3.19. The van der Waals surface area contributed by atoms with Gasteiger partial charge in [0, 0.05) is 31.7 Å². The number of hydrogen-bond acceptors (Lipinski definition) is 5. The predicted molar refractivity (Wildman–Crippen MR) is 102 cm³/mol. The van der Waals surface area contributed by atoms with Crippen LogP contribution in [0.1, 0.15) is 20.9 Å². The number of nitrogens with zero attached hydrogens (tertiary/aromatic N) is 2. The Hall–Kier alpha value is -3.12. The third-order valence-electron chi connectivity index (χ3n) is 5.05. The van der Waals surface area contributed by atoms with Crippen LogP contribution in [0.3, 0.4) is 0 Å². The standard InChI is InChI=1S/C21H20N2O4/c1-22-8-10-23(11-9-22)21(26)20-7-6-19(27-20)15-2-4-16-14(12-15)3-5-18(25)17(16)13-24/h2-7,12-13,25H,8-11H2,1H3. The van der Waals surface area contributed by atoms with E-state index in [1.165, 1.54) is 6.07 Å². The van der Waals surface area contributed by atoms with E-state index in [4.69, 9.17) is 4.42 Å². The van der Waals surface area contributed by atoms with E-state index < -0.39 is 0 Å². The molecule has 0 unspecified atom stereocenters. The molecule has 0 aliphatic carbocycles. The van der Waals surface area contributed by atoms with Crippen LogP contribution in [0.15, 0.2) is 46.9 Å². The van der Waals surface area contributed by atoms with Crippen molar-refractivity contribution in [2.75, 3.05) is 33.2 Å². The van der Waals surface area contributed by atoms with E-state index in [1.807, 2.05) is 24.1 Å². The molecule has 138 valence electrons. The SMILES string of the molecule is CN1CCN(C(=O)c2ccc(-c3ccc4c(C=O)c(O)ccc4c3)o2)CC1. The number of phenolic OH excluding ortho intramolecular Hbond substituents is 1. The Balaban J connectivity index is 1.62. The molecule has 1 fully saturated rings. The molecule has 4 rings (SSSR count). The molecule has 1 amide bonds. The number of likely N-dealkylation sites (N-methyl/N-ethyl adjacent to an activating group) is 1. The fraction of sp³-hybridized carbons (Fsp3) is 0.238. The van der Waals surface area contributed by atoms with Crippen molar-refractivity contribution in [1.29, 1.82) is 0 Å². The Bertz CT molecular complexity index is 1020. The summed E-state index contributed by atoms with van der Waals surface area (Å²) in [4.78, 5) is 27.9. The number of piperazine rings is 1. The highest BCUT2D eigenvalue weighted by molar-refractivity contribution is 6.02. The molecule has 1 aliphatic heterocycles. The predicted octanol–water partition coefficient (Wildman–Crippen LogP) is 3.01. The molecular formula is C21H20N2O4. The number of aromatic hydroxyl groups is 1. The first-order valence-electron chi connectivity index (χ1n) is 8.86. The molecule has 1 N–H and O–H groups in total. The molecule has 0 spiro atoms. The number of furan rings is 1. The molecular weight excluding hydrogens is 344 g/mol. The first-order chi connectivity index (χ1) is 13.1. The van der Waals surface area contributed by atoms with Crippen molar-refractivity contribution in [2.24, 2.45) is 0 Å². The first-order valence-corrected chi connectivity index (χ1v) is 8.86. The largest absolute Gasteiger partial charge is 0.507 e. The second-order valence-electron chi connectivity index (χ2n) is 6.81. The number of aldehydes is 1. The minimum atomic E-state index is -0.0942. The lowest BCUT2D eigenvalue weighted by Crippen LogP contribution is -2.47. The zero-order chi connectivity index (χ0) is 19.0. The van der Waals surface area contributed by atoms with Crippen LogP contribution < -0.4 is 0 Å². The lowest BCUT2D eigenvalue weighted by Gasteiger charge is -2.31.